The fourth-order valence-corrected chi connectivity index (χ4v) is 3.45. The highest BCUT2D eigenvalue weighted by Crippen LogP contribution is 2.33. The molecule has 1 unspecified atom stereocenters. The standard InChI is InChI=1S/C16H23N3O/c1-11-9-12-10-13(17)7-8-15(12)19(11)16(20)18-14-5-3-2-4-6-14/h7-8,10-11,14H,2-6,9,17H2,1H3,(H,18,20). The molecule has 1 atom stereocenters. The van der Waals surface area contributed by atoms with E-state index >= 15 is 0 Å². The fraction of sp³-hybridized carbons (Fsp3) is 0.562. The molecule has 1 fully saturated rings. The van der Waals surface area contributed by atoms with Crippen molar-refractivity contribution in [3.8, 4) is 0 Å². The second kappa shape index (κ2) is 5.35. The molecule has 4 heteroatoms. The van der Waals surface area contributed by atoms with Gasteiger partial charge in [0.05, 0.1) is 0 Å². The number of amides is 2. The van der Waals surface area contributed by atoms with Crippen LogP contribution >= 0.6 is 0 Å². The second-order valence-electron chi connectivity index (χ2n) is 6.10. The van der Waals surface area contributed by atoms with E-state index in [2.05, 4.69) is 12.2 Å². The molecule has 2 amide bonds. The Morgan fingerprint density at radius 2 is 2.05 bits per heavy atom. The summed E-state index contributed by atoms with van der Waals surface area (Å²) in [6.45, 7) is 2.09. The summed E-state index contributed by atoms with van der Waals surface area (Å²) in [4.78, 5) is 14.4. The van der Waals surface area contributed by atoms with Crippen molar-refractivity contribution >= 4 is 17.4 Å². The number of carbonyl (C=O) groups is 1. The Kier molecular flexibility index (Phi) is 3.55. The average molecular weight is 273 g/mol. The average Bonchev–Trinajstić information content (AvgIpc) is 2.74. The van der Waals surface area contributed by atoms with Crippen molar-refractivity contribution in [2.24, 2.45) is 0 Å². The van der Waals surface area contributed by atoms with Gasteiger partial charge in [-0.1, -0.05) is 19.3 Å². The van der Waals surface area contributed by atoms with Crippen LogP contribution < -0.4 is 16.0 Å². The zero-order valence-electron chi connectivity index (χ0n) is 12.1. The predicted molar refractivity (Wildman–Crippen MR) is 81.9 cm³/mol. The van der Waals surface area contributed by atoms with Crippen molar-refractivity contribution in [1.82, 2.24) is 5.32 Å². The molecule has 1 aliphatic heterocycles. The number of fused-ring (bicyclic) bond motifs is 1. The topological polar surface area (TPSA) is 58.4 Å². The van der Waals surface area contributed by atoms with Gasteiger partial charge in [0.15, 0.2) is 0 Å². The van der Waals surface area contributed by atoms with Gasteiger partial charge in [0.2, 0.25) is 0 Å². The van der Waals surface area contributed by atoms with Crippen molar-refractivity contribution in [3.63, 3.8) is 0 Å². The van der Waals surface area contributed by atoms with Crippen LogP contribution in [0.4, 0.5) is 16.2 Å². The first-order valence-electron chi connectivity index (χ1n) is 7.63. The molecule has 0 aromatic heterocycles. The fourth-order valence-electron chi connectivity index (χ4n) is 3.45. The third-order valence-corrected chi connectivity index (χ3v) is 4.47. The normalized spacial score (nSPS) is 22.6. The molecule has 3 N–H and O–H groups in total. The van der Waals surface area contributed by atoms with Crippen molar-refractivity contribution < 1.29 is 4.79 Å². The molecule has 4 nitrogen and oxygen atoms in total. The first-order chi connectivity index (χ1) is 9.65. The molecular formula is C16H23N3O. The minimum absolute atomic E-state index is 0.0490. The molecule has 1 heterocycles. The number of rotatable bonds is 1. The lowest BCUT2D eigenvalue weighted by atomic mass is 9.96. The van der Waals surface area contributed by atoms with Gasteiger partial charge in [-0.2, -0.15) is 0 Å². The van der Waals surface area contributed by atoms with Crippen LogP contribution in [-0.4, -0.2) is 18.1 Å². The number of nitrogens with zero attached hydrogens (tertiary/aromatic N) is 1. The Labute approximate surface area is 120 Å². The Balaban J connectivity index is 1.75. The van der Waals surface area contributed by atoms with E-state index in [9.17, 15) is 4.79 Å². The Hall–Kier alpha value is -1.71. The van der Waals surface area contributed by atoms with E-state index < -0.39 is 0 Å². The summed E-state index contributed by atoms with van der Waals surface area (Å²) >= 11 is 0. The maximum Gasteiger partial charge on any atom is 0.322 e. The lowest BCUT2D eigenvalue weighted by Gasteiger charge is -2.28. The molecule has 1 aromatic carbocycles. The van der Waals surface area contributed by atoms with Crippen LogP contribution in [0.5, 0.6) is 0 Å². The van der Waals surface area contributed by atoms with E-state index in [4.69, 9.17) is 5.73 Å². The summed E-state index contributed by atoms with van der Waals surface area (Å²) < 4.78 is 0. The summed E-state index contributed by atoms with van der Waals surface area (Å²) in [7, 11) is 0. The van der Waals surface area contributed by atoms with Gasteiger partial charge in [0.25, 0.3) is 0 Å². The van der Waals surface area contributed by atoms with Gasteiger partial charge in [-0.3, -0.25) is 4.90 Å². The molecule has 108 valence electrons. The van der Waals surface area contributed by atoms with Crippen molar-refractivity contribution in [2.75, 3.05) is 10.6 Å². The third-order valence-electron chi connectivity index (χ3n) is 4.47. The quantitative estimate of drug-likeness (QED) is 0.773. The van der Waals surface area contributed by atoms with E-state index in [1.807, 2.05) is 23.1 Å². The van der Waals surface area contributed by atoms with Gasteiger partial charge < -0.3 is 11.1 Å². The molecule has 3 rings (SSSR count). The van der Waals surface area contributed by atoms with Crippen molar-refractivity contribution in [3.05, 3.63) is 23.8 Å². The van der Waals surface area contributed by atoms with Crippen molar-refractivity contribution in [1.29, 1.82) is 0 Å². The maximum absolute atomic E-state index is 12.6. The second-order valence-corrected chi connectivity index (χ2v) is 6.10. The van der Waals surface area contributed by atoms with Gasteiger partial charge in [-0.05, 0) is 49.9 Å². The highest BCUT2D eigenvalue weighted by molar-refractivity contribution is 5.95. The first kappa shape index (κ1) is 13.3. The minimum Gasteiger partial charge on any atom is -0.399 e. The number of benzene rings is 1. The molecule has 2 aliphatic rings. The lowest BCUT2D eigenvalue weighted by Crippen LogP contribution is -2.47. The monoisotopic (exact) mass is 273 g/mol. The summed E-state index contributed by atoms with van der Waals surface area (Å²) in [5, 5.41) is 3.20. The van der Waals surface area contributed by atoms with Gasteiger partial charge in [-0.25, -0.2) is 4.79 Å². The predicted octanol–water partition coefficient (Wildman–Crippen LogP) is 3.06. The van der Waals surface area contributed by atoms with Crippen molar-refractivity contribution in [2.45, 2.75) is 57.5 Å². The number of nitrogens with two attached hydrogens (primary N) is 1. The number of urea groups is 1. The largest absolute Gasteiger partial charge is 0.399 e. The molecule has 0 radical (unpaired) electrons. The summed E-state index contributed by atoms with van der Waals surface area (Å²) in [5.41, 5.74) is 8.79. The minimum atomic E-state index is 0.0490. The first-order valence-corrected chi connectivity index (χ1v) is 7.63. The number of carbonyl (C=O) groups excluding carboxylic acids is 1. The van der Waals surface area contributed by atoms with Crippen LogP contribution in [0.2, 0.25) is 0 Å². The smallest absolute Gasteiger partial charge is 0.322 e. The summed E-state index contributed by atoms with van der Waals surface area (Å²) in [6.07, 6.45) is 6.87. The Bertz CT molecular complexity index is 508. The SMILES string of the molecule is CC1Cc2cc(N)ccc2N1C(=O)NC1CCCCC1. The number of anilines is 2. The lowest BCUT2D eigenvalue weighted by molar-refractivity contribution is 0.237. The number of nitrogens with one attached hydrogen (secondary N) is 1. The Morgan fingerprint density at radius 1 is 1.30 bits per heavy atom. The van der Waals surface area contributed by atoms with Gasteiger partial charge in [0.1, 0.15) is 0 Å². The zero-order valence-corrected chi connectivity index (χ0v) is 12.1. The molecule has 1 saturated carbocycles. The van der Waals surface area contributed by atoms with E-state index in [0.29, 0.717) is 6.04 Å². The summed E-state index contributed by atoms with van der Waals surface area (Å²) in [5.74, 6) is 0. The van der Waals surface area contributed by atoms with Crippen LogP contribution in [0.3, 0.4) is 0 Å². The Morgan fingerprint density at radius 3 is 2.80 bits per heavy atom. The van der Waals surface area contributed by atoms with Crippen LogP contribution in [0.15, 0.2) is 18.2 Å². The van der Waals surface area contributed by atoms with Crippen LogP contribution in [-0.2, 0) is 6.42 Å². The van der Waals surface area contributed by atoms with Crippen LogP contribution in [0.1, 0.15) is 44.6 Å². The van der Waals surface area contributed by atoms with Crippen LogP contribution in [0.25, 0.3) is 0 Å². The highest BCUT2D eigenvalue weighted by atomic mass is 16.2. The molecule has 1 aliphatic carbocycles. The zero-order chi connectivity index (χ0) is 14.1. The number of nitrogen functional groups attached to an aromatic ring is 1. The number of hydrogen-bond acceptors (Lipinski definition) is 2. The molecule has 20 heavy (non-hydrogen) atoms. The van der Waals surface area contributed by atoms with E-state index in [1.165, 1.54) is 24.8 Å². The summed E-state index contributed by atoms with van der Waals surface area (Å²) in [6, 6.07) is 6.43. The molecule has 0 bridgehead atoms. The van der Waals surface area contributed by atoms with Gasteiger partial charge in [0, 0.05) is 23.5 Å². The van der Waals surface area contributed by atoms with E-state index in [1.54, 1.807) is 0 Å². The van der Waals surface area contributed by atoms with E-state index in [0.717, 1.165) is 30.6 Å². The third kappa shape index (κ3) is 2.47. The number of hydrogen-bond donors (Lipinski definition) is 2. The van der Waals surface area contributed by atoms with E-state index in [-0.39, 0.29) is 12.1 Å². The van der Waals surface area contributed by atoms with Gasteiger partial charge >= 0.3 is 6.03 Å². The maximum atomic E-state index is 12.6. The van der Waals surface area contributed by atoms with Gasteiger partial charge in [-0.15, -0.1) is 0 Å². The molecule has 0 saturated heterocycles. The highest BCUT2D eigenvalue weighted by Gasteiger charge is 2.32. The molecule has 0 spiro atoms. The molecule has 1 aromatic rings. The molecular weight excluding hydrogens is 250 g/mol. The van der Waals surface area contributed by atoms with Crippen LogP contribution in [0, 0.1) is 0 Å².